The Morgan fingerprint density at radius 1 is 0.527 bits per heavy atom. The first-order chi connectivity index (χ1) is 35.4. The van der Waals surface area contributed by atoms with E-state index < -0.39 is 53.9 Å². The van der Waals surface area contributed by atoms with Crippen LogP contribution in [0.4, 0.5) is 0 Å². The van der Waals surface area contributed by atoms with Gasteiger partial charge in [-0.25, -0.2) is 26.8 Å². The van der Waals surface area contributed by atoms with Crippen LogP contribution in [0.15, 0.2) is 86.0 Å². The highest BCUT2D eigenvalue weighted by atomic mass is 32.2. The molecule has 2 aromatic carbocycles. The molecule has 0 unspecified atom stereocenters. The number of aryl methyl sites for hydroxylation is 4. The highest BCUT2D eigenvalue weighted by molar-refractivity contribution is 7.91. The Morgan fingerprint density at radius 2 is 0.878 bits per heavy atom. The quantitative estimate of drug-likeness (QED) is 0.0976. The average molecular weight is 1060 g/mol. The van der Waals surface area contributed by atoms with Crippen molar-refractivity contribution in [2.45, 2.75) is 61.9 Å². The van der Waals surface area contributed by atoms with Crippen LogP contribution in [-0.2, 0) is 54.7 Å². The number of hydrogen-bond donors (Lipinski definition) is 0. The molecule has 74 heavy (non-hydrogen) atoms. The Kier molecular flexibility index (Phi) is 16.8. The zero-order chi connectivity index (χ0) is 53.5. The van der Waals surface area contributed by atoms with E-state index in [-0.39, 0.29) is 11.6 Å². The van der Waals surface area contributed by atoms with Gasteiger partial charge < -0.3 is 28.4 Å². The Balaban J connectivity index is 0.000000216. The predicted molar refractivity (Wildman–Crippen MR) is 271 cm³/mol. The van der Waals surface area contributed by atoms with E-state index in [1.165, 1.54) is 64.7 Å². The molecule has 24 nitrogen and oxygen atoms in total. The zero-order valence-electron chi connectivity index (χ0n) is 43.0. The van der Waals surface area contributed by atoms with E-state index in [1.54, 1.807) is 98.3 Å². The summed E-state index contributed by atoms with van der Waals surface area (Å²) in [7, 11) is 4.67. The molecule has 392 valence electrons. The lowest BCUT2D eigenvalue weighted by atomic mass is 10.2. The molecule has 4 atom stereocenters. The summed E-state index contributed by atoms with van der Waals surface area (Å²) >= 11 is 0. The van der Waals surface area contributed by atoms with Crippen LogP contribution >= 0.6 is 0 Å². The molecule has 0 saturated heterocycles. The van der Waals surface area contributed by atoms with Crippen molar-refractivity contribution < 1.29 is 45.3 Å². The lowest BCUT2D eigenvalue weighted by molar-refractivity contribution is 0.0916. The molecule has 0 aliphatic heterocycles. The number of sulfone groups is 2. The summed E-state index contributed by atoms with van der Waals surface area (Å²) in [5.74, 6) is 2.93. The molecule has 0 radical (unpaired) electrons. The number of aromatic nitrogens is 14. The molecule has 0 fully saturated rings. The van der Waals surface area contributed by atoms with Crippen molar-refractivity contribution in [1.82, 2.24) is 69.0 Å². The van der Waals surface area contributed by atoms with Crippen LogP contribution in [0.3, 0.4) is 0 Å². The second-order valence-electron chi connectivity index (χ2n) is 16.9. The van der Waals surface area contributed by atoms with Crippen LogP contribution in [0.1, 0.15) is 60.5 Å². The molecule has 0 spiro atoms. The van der Waals surface area contributed by atoms with Gasteiger partial charge in [0, 0.05) is 64.2 Å². The summed E-state index contributed by atoms with van der Waals surface area (Å²) in [6, 6.07) is 14.4. The Morgan fingerprint density at radius 3 is 1.16 bits per heavy atom. The summed E-state index contributed by atoms with van der Waals surface area (Å²) in [5.41, 5.74) is 4.09. The SMILES string of the molecule is COc1cccc(OC)c1-n1c(CS(=O)(=O)[C@@H](C)[C@H](OC)c2ncnn2C)nnc1-c1cncc(C)c1.COc1cccc(OC)c1-n1c(CS(=O)(=O)[C@H](C)[C@@H](OC)c2ncnn2C)nnc1-c1cncc(C)c1. The average Bonchev–Trinajstić information content (AvgIpc) is 4.21. The van der Waals surface area contributed by atoms with Gasteiger partial charge in [-0.15, -0.1) is 20.4 Å². The minimum Gasteiger partial charge on any atom is -0.494 e. The van der Waals surface area contributed by atoms with E-state index in [4.69, 9.17) is 28.4 Å². The number of benzene rings is 2. The maximum atomic E-state index is 13.7. The molecule has 0 aliphatic rings. The highest BCUT2D eigenvalue weighted by Gasteiger charge is 2.38. The van der Waals surface area contributed by atoms with Crippen molar-refractivity contribution in [2.75, 3.05) is 42.7 Å². The smallest absolute Gasteiger partial charge is 0.170 e. The summed E-state index contributed by atoms with van der Waals surface area (Å²) in [5, 5.41) is 23.5. The fourth-order valence-electron chi connectivity index (χ4n) is 8.26. The second kappa shape index (κ2) is 23.0. The number of hydrogen-bond acceptors (Lipinski definition) is 20. The van der Waals surface area contributed by atoms with Gasteiger partial charge in [0.25, 0.3) is 0 Å². The summed E-state index contributed by atoms with van der Waals surface area (Å²) in [6.07, 6.45) is 7.76. The molecular weight excluding hydrogens is 997 g/mol. The van der Waals surface area contributed by atoms with Gasteiger partial charge in [-0.05, 0) is 75.2 Å². The predicted octanol–water partition coefficient (Wildman–Crippen LogP) is 4.95. The first kappa shape index (κ1) is 54.1. The molecule has 0 bridgehead atoms. The molecule has 6 heterocycles. The largest absolute Gasteiger partial charge is 0.494 e. The van der Waals surface area contributed by atoms with Gasteiger partial charge in [-0.1, -0.05) is 12.1 Å². The van der Waals surface area contributed by atoms with Crippen molar-refractivity contribution in [3.63, 3.8) is 0 Å². The van der Waals surface area contributed by atoms with Crippen molar-refractivity contribution >= 4 is 19.7 Å². The Hall–Kier alpha value is -7.68. The minimum absolute atomic E-state index is 0.180. The van der Waals surface area contributed by atoms with Gasteiger partial charge in [-0.2, -0.15) is 10.2 Å². The Labute approximate surface area is 428 Å². The monoisotopic (exact) mass is 1050 g/mol. The molecule has 0 amide bonds. The Bertz CT molecular complexity index is 3180. The van der Waals surface area contributed by atoms with Crippen molar-refractivity contribution in [1.29, 1.82) is 0 Å². The van der Waals surface area contributed by atoms with Gasteiger partial charge >= 0.3 is 0 Å². The van der Waals surface area contributed by atoms with E-state index in [2.05, 4.69) is 50.5 Å². The van der Waals surface area contributed by atoms with Gasteiger partial charge in [0.1, 0.15) is 70.7 Å². The summed E-state index contributed by atoms with van der Waals surface area (Å²) < 4.78 is 94.6. The van der Waals surface area contributed by atoms with E-state index in [0.29, 0.717) is 68.8 Å². The molecule has 6 aromatic heterocycles. The van der Waals surface area contributed by atoms with Gasteiger partial charge in [0.05, 0.1) is 38.9 Å². The molecule has 8 rings (SSSR count). The van der Waals surface area contributed by atoms with Gasteiger partial charge in [0.2, 0.25) is 0 Å². The molecule has 0 saturated carbocycles. The van der Waals surface area contributed by atoms with Gasteiger partial charge in [0.15, 0.2) is 54.6 Å². The number of rotatable bonds is 20. The van der Waals surface area contributed by atoms with Crippen LogP contribution in [0.25, 0.3) is 34.2 Å². The number of ether oxygens (including phenoxy) is 6. The zero-order valence-corrected chi connectivity index (χ0v) is 44.6. The third kappa shape index (κ3) is 11.1. The van der Waals surface area contributed by atoms with Crippen LogP contribution < -0.4 is 18.9 Å². The van der Waals surface area contributed by atoms with Crippen LogP contribution in [-0.4, -0.2) is 139 Å². The maximum Gasteiger partial charge on any atom is 0.170 e. The van der Waals surface area contributed by atoms with Crippen LogP contribution in [0.2, 0.25) is 0 Å². The third-order valence-electron chi connectivity index (χ3n) is 12.1. The second-order valence-corrected chi connectivity index (χ2v) is 21.6. The fourth-order valence-corrected chi connectivity index (χ4v) is 11.1. The molecule has 26 heteroatoms. The lowest BCUT2D eigenvalue weighted by Gasteiger charge is -2.22. The maximum absolute atomic E-state index is 13.7. The molecule has 8 aromatic rings. The van der Waals surface area contributed by atoms with Crippen molar-refractivity contribution in [3.05, 3.63) is 120 Å². The lowest BCUT2D eigenvalue weighted by Crippen LogP contribution is -2.30. The normalized spacial score (nSPS) is 13.4. The molecule has 0 aliphatic carbocycles. The number of methoxy groups -OCH3 is 6. The number of pyridine rings is 2. The minimum atomic E-state index is -3.84. The number of para-hydroxylation sites is 2. The van der Waals surface area contributed by atoms with Crippen LogP contribution in [0, 0.1) is 13.8 Å². The summed E-state index contributed by atoms with van der Waals surface area (Å²) in [6.45, 7) is 6.97. The van der Waals surface area contributed by atoms with E-state index in [1.807, 2.05) is 26.0 Å². The summed E-state index contributed by atoms with van der Waals surface area (Å²) in [4.78, 5) is 16.9. The fraction of sp³-hybridized carbons (Fsp3) is 0.375. The first-order valence-electron chi connectivity index (χ1n) is 22.7. The third-order valence-corrected chi connectivity index (χ3v) is 16.2. The van der Waals surface area contributed by atoms with Crippen molar-refractivity contribution in [2.24, 2.45) is 14.1 Å². The van der Waals surface area contributed by atoms with E-state index in [9.17, 15) is 16.8 Å². The van der Waals surface area contributed by atoms with Crippen molar-refractivity contribution in [3.8, 4) is 57.1 Å². The van der Waals surface area contributed by atoms with Gasteiger partial charge in [-0.3, -0.25) is 28.5 Å². The molecular formula is C48H58N14O10S2. The number of nitrogens with zero attached hydrogens (tertiary/aromatic N) is 14. The topological polar surface area (TPSA) is 272 Å². The standard InChI is InChI=1S/2C24H29N7O5S/c2*1-15-10-17(12-25-11-15)23-29-28-20(31(23)21-18(34-4)8-7-9-19(21)35-5)13-37(32,33)16(2)22(36-6)24-26-14-27-30(24)3/h2*7-12,14,16,22H,13H2,1-6H3/t2*16-,22-/m10/s1. The van der Waals surface area contributed by atoms with E-state index >= 15 is 0 Å². The first-order valence-corrected chi connectivity index (χ1v) is 26.2. The highest BCUT2D eigenvalue weighted by Crippen LogP contribution is 2.39. The molecule has 0 N–H and O–H groups in total. The van der Waals surface area contributed by atoms with Crippen LogP contribution in [0.5, 0.6) is 23.0 Å². The van der Waals surface area contributed by atoms with E-state index in [0.717, 1.165) is 11.1 Å².